The molecule has 1 atom stereocenters. The molecule has 0 aliphatic heterocycles. The summed E-state index contributed by atoms with van der Waals surface area (Å²) in [5, 5.41) is 14.2. The van der Waals surface area contributed by atoms with E-state index in [9.17, 15) is 14.9 Å². The fraction of sp³-hybridized carbons (Fsp3) is 0.500. The maximum Gasteiger partial charge on any atom is 0.294 e. The average Bonchev–Trinajstić information content (AvgIpc) is 2.46. The zero-order chi connectivity index (χ0) is 16.2. The van der Waals surface area contributed by atoms with Crippen LogP contribution in [0.15, 0.2) is 12.1 Å². The van der Waals surface area contributed by atoms with Gasteiger partial charge >= 0.3 is 0 Å². The van der Waals surface area contributed by atoms with Gasteiger partial charge in [0.1, 0.15) is 5.69 Å². The third-order valence-corrected chi connectivity index (χ3v) is 3.74. The lowest BCUT2D eigenvalue weighted by molar-refractivity contribution is -0.384. The molecule has 6 nitrogen and oxygen atoms in total. The molecule has 116 valence electrons. The molecule has 0 saturated carbocycles. The van der Waals surface area contributed by atoms with Gasteiger partial charge in [0.05, 0.1) is 9.95 Å². The van der Waals surface area contributed by atoms with Crippen LogP contribution in [0.1, 0.15) is 37.6 Å². The van der Waals surface area contributed by atoms with Crippen LogP contribution in [0, 0.1) is 10.1 Å². The molecular formula is C14H20ClN3O3. The second kappa shape index (κ2) is 7.26. The van der Waals surface area contributed by atoms with Gasteiger partial charge in [-0.15, -0.1) is 0 Å². The number of nitro benzene ring substituents is 1. The predicted octanol–water partition coefficient (Wildman–Crippen LogP) is 3.55. The number of nitro groups is 1. The second-order valence-electron chi connectivity index (χ2n) is 4.81. The van der Waals surface area contributed by atoms with E-state index in [1.165, 1.54) is 12.1 Å². The third-order valence-electron chi connectivity index (χ3n) is 3.44. The van der Waals surface area contributed by atoms with Crippen molar-refractivity contribution in [2.45, 2.75) is 33.2 Å². The van der Waals surface area contributed by atoms with E-state index in [1.807, 2.05) is 20.8 Å². The molecule has 1 N–H and O–H groups in total. The molecule has 21 heavy (non-hydrogen) atoms. The van der Waals surface area contributed by atoms with Crippen LogP contribution in [-0.2, 0) is 0 Å². The maximum atomic E-state index is 12.4. The molecule has 1 rings (SSSR count). The van der Waals surface area contributed by atoms with Crippen molar-refractivity contribution in [3.05, 3.63) is 32.8 Å². The summed E-state index contributed by atoms with van der Waals surface area (Å²) < 4.78 is 0. The number of hydrogen-bond donors (Lipinski definition) is 1. The van der Waals surface area contributed by atoms with Gasteiger partial charge in [0.25, 0.3) is 11.6 Å². The number of halogens is 1. The average molecular weight is 314 g/mol. The molecule has 0 aliphatic rings. The Kier molecular flexibility index (Phi) is 5.96. The van der Waals surface area contributed by atoms with Crippen molar-refractivity contribution in [3.8, 4) is 0 Å². The standard InChI is InChI=1S/C14H20ClN3O3/c1-5-9(3)17(4)14(19)10-7-11(15)13(16-6-2)12(8-10)18(20)21/h7-9,16H,5-6H2,1-4H3. The van der Waals surface area contributed by atoms with Crippen LogP contribution in [0.3, 0.4) is 0 Å². The summed E-state index contributed by atoms with van der Waals surface area (Å²) in [6.45, 7) is 6.20. The van der Waals surface area contributed by atoms with E-state index in [1.54, 1.807) is 11.9 Å². The van der Waals surface area contributed by atoms with Crippen molar-refractivity contribution >= 4 is 28.9 Å². The molecule has 0 fully saturated rings. The van der Waals surface area contributed by atoms with Crippen molar-refractivity contribution in [2.24, 2.45) is 0 Å². The van der Waals surface area contributed by atoms with Crippen LogP contribution in [0.2, 0.25) is 5.02 Å². The lowest BCUT2D eigenvalue weighted by Gasteiger charge is -2.24. The first-order valence-corrected chi connectivity index (χ1v) is 7.20. The zero-order valence-electron chi connectivity index (χ0n) is 12.6. The van der Waals surface area contributed by atoms with E-state index in [0.29, 0.717) is 6.54 Å². The topological polar surface area (TPSA) is 75.5 Å². The number of nitrogens with one attached hydrogen (secondary N) is 1. The van der Waals surface area contributed by atoms with E-state index in [0.717, 1.165) is 6.42 Å². The highest BCUT2D eigenvalue weighted by Gasteiger charge is 2.23. The molecule has 1 unspecified atom stereocenters. The molecule has 7 heteroatoms. The van der Waals surface area contributed by atoms with Gasteiger partial charge in [-0.3, -0.25) is 14.9 Å². The molecule has 0 heterocycles. The molecule has 1 aromatic rings. The first-order valence-electron chi connectivity index (χ1n) is 6.82. The Morgan fingerprint density at radius 1 is 1.48 bits per heavy atom. The minimum Gasteiger partial charge on any atom is -0.379 e. The third kappa shape index (κ3) is 3.85. The summed E-state index contributed by atoms with van der Waals surface area (Å²) in [4.78, 5) is 24.6. The van der Waals surface area contributed by atoms with Crippen LogP contribution in [0.25, 0.3) is 0 Å². The Labute approximate surface area is 129 Å². The summed E-state index contributed by atoms with van der Waals surface area (Å²) in [5.41, 5.74) is 0.272. The van der Waals surface area contributed by atoms with Crippen LogP contribution >= 0.6 is 11.6 Å². The summed E-state index contributed by atoms with van der Waals surface area (Å²) in [7, 11) is 1.68. The van der Waals surface area contributed by atoms with Crippen molar-refractivity contribution in [2.75, 3.05) is 18.9 Å². The molecule has 0 aromatic heterocycles. The quantitative estimate of drug-likeness (QED) is 0.643. The molecule has 0 radical (unpaired) electrons. The lowest BCUT2D eigenvalue weighted by atomic mass is 10.1. The normalized spacial score (nSPS) is 11.9. The van der Waals surface area contributed by atoms with Gasteiger partial charge in [-0.05, 0) is 26.3 Å². The number of carbonyl (C=O) groups excluding carboxylic acids is 1. The smallest absolute Gasteiger partial charge is 0.294 e. The van der Waals surface area contributed by atoms with Crippen LogP contribution in [0.4, 0.5) is 11.4 Å². The highest BCUT2D eigenvalue weighted by Crippen LogP contribution is 2.34. The van der Waals surface area contributed by atoms with E-state index >= 15 is 0 Å². The Hall–Kier alpha value is -1.82. The van der Waals surface area contributed by atoms with Crippen molar-refractivity contribution in [1.82, 2.24) is 4.90 Å². The van der Waals surface area contributed by atoms with Crippen LogP contribution in [-0.4, -0.2) is 35.4 Å². The molecule has 1 aromatic carbocycles. The van der Waals surface area contributed by atoms with E-state index in [4.69, 9.17) is 11.6 Å². The summed E-state index contributed by atoms with van der Waals surface area (Å²) in [6, 6.07) is 2.78. The van der Waals surface area contributed by atoms with Crippen molar-refractivity contribution in [1.29, 1.82) is 0 Å². The molecule has 0 spiro atoms. The molecule has 1 amide bonds. The molecule has 0 aliphatic carbocycles. The molecule has 0 saturated heterocycles. The highest BCUT2D eigenvalue weighted by molar-refractivity contribution is 6.34. The Bertz CT molecular complexity index is 549. The van der Waals surface area contributed by atoms with Gasteiger partial charge in [0.2, 0.25) is 0 Å². The largest absolute Gasteiger partial charge is 0.379 e. The minimum atomic E-state index is -0.538. The Balaban J connectivity index is 3.27. The number of amides is 1. The van der Waals surface area contributed by atoms with Crippen molar-refractivity contribution in [3.63, 3.8) is 0 Å². The van der Waals surface area contributed by atoms with E-state index < -0.39 is 4.92 Å². The van der Waals surface area contributed by atoms with Gasteiger partial charge in [-0.25, -0.2) is 0 Å². The first kappa shape index (κ1) is 17.2. The maximum absolute atomic E-state index is 12.4. The number of carbonyl (C=O) groups is 1. The zero-order valence-corrected chi connectivity index (χ0v) is 13.4. The Morgan fingerprint density at radius 2 is 2.10 bits per heavy atom. The highest BCUT2D eigenvalue weighted by atomic mass is 35.5. The monoisotopic (exact) mass is 313 g/mol. The fourth-order valence-corrected chi connectivity index (χ4v) is 2.17. The van der Waals surface area contributed by atoms with Gasteiger partial charge in [0, 0.05) is 31.3 Å². The minimum absolute atomic E-state index is 0.0452. The molecule has 0 bridgehead atoms. The molecular weight excluding hydrogens is 294 g/mol. The predicted molar refractivity (Wildman–Crippen MR) is 84.1 cm³/mol. The number of anilines is 1. The Morgan fingerprint density at radius 3 is 2.57 bits per heavy atom. The number of rotatable bonds is 6. The van der Waals surface area contributed by atoms with Gasteiger partial charge in [-0.2, -0.15) is 0 Å². The number of hydrogen-bond acceptors (Lipinski definition) is 4. The number of benzene rings is 1. The van der Waals surface area contributed by atoms with Gasteiger partial charge in [0.15, 0.2) is 0 Å². The van der Waals surface area contributed by atoms with Gasteiger partial charge < -0.3 is 10.2 Å². The summed E-state index contributed by atoms with van der Waals surface area (Å²) in [5.74, 6) is -0.280. The van der Waals surface area contributed by atoms with Crippen molar-refractivity contribution < 1.29 is 9.72 Å². The summed E-state index contributed by atoms with van der Waals surface area (Å²) >= 11 is 6.08. The second-order valence-corrected chi connectivity index (χ2v) is 5.22. The fourth-order valence-electron chi connectivity index (χ4n) is 1.89. The van der Waals surface area contributed by atoms with Gasteiger partial charge in [-0.1, -0.05) is 18.5 Å². The van der Waals surface area contributed by atoms with Crippen LogP contribution in [0.5, 0.6) is 0 Å². The van der Waals surface area contributed by atoms with E-state index in [2.05, 4.69) is 5.32 Å². The lowest BCUT2D eigenvalue weighted by Crippen LogP contribution is -2.34. The SMILES string of the molecule is CCNc1c(Cl)cc(C(=O)N(C)C(C)CC)cc1[N+](=O)[O-]. The van der Waals surface area contributed by atoms with E-state index in [-0.39, 0.29) is 33.9 Å². The number of nitrogens with zero attached hydrogens (tertiary/aromatic N) is 2. The first-order chi connectivity index (χ1) is 9.83. The summed E-state index contributed by atoms with van der Waals surface area (Å²) in [6.07, 6.45) is 0.799. The van der Waals surface area contributed by atoms with Crippen LogP contribution < -0.4 is 5.32 Å².